The van der Waals surface area contributed by atoms with Crippen LogP contribution in [-0.4, -0.2) is 4.98 Å². The Hall–Kier alpha value is -2.28. The standard InChI is InChI=1S/C19H23N.C2H6.C2H4/c1-6-15(7-2)16-9-8-14(5)18(10-16)19-11-17(12-20-19)13(3)4;2*1-2/h6-13,20H,1H2,2-5H3;1-2H3;1-2H2/b15-7+;;. The van der Waals surface area contributed by atoms with Gasteiger partial charge in [-0.1, -0.05) is 58.6 Å². The summed E-state index contributed by atoms with van der Waals surface area (Å²) in [6, 6.07) is 8.82. The fraction of sp³-hybridized carbons (Fsp3) is 0.304. The minimum Gasteiger partial charge on any atom is -0.361 e. The Morgan fingerprint density at radius 3 is 2.21 bits per heavy atom. The molecule has 0 saturated carbocycles. The van der Waals surface area contributed by atoms with Crippen molar-refractivity contribution in [1.29, 1.82) is 0 Å². The van der Waals surface area contributed by atoms with Gasteiger partial charge in [0.05, 0.1) is 0 Å². The molecule has 0 spiro atoms. The molecule has 1 nitrogen and oxygen atoms in total. The number of aromatic amines is 1. The molecule has 0 bridgehead atoms. The minimum absolute atomic E-state index is 0.544. The third-order valence-corrected chi connectivity index (χ3v) is 3.76. The van der Waals surface area contributed by atoms with Gasteiger partial charge in [-0.3, -0.25) is 0 Å². The minimum atomic E-state index is 0.544. The molecule has 0 saturated heterocycles. The van der Waals surface area contributed by atoms with Crippen molar-refractivity contribution in [1.82, 2.24) is 4.98 Å². The van der Waals surface area contributed by atoms with Crippen molar-refractivity contribution in [3.8, 4) is 11.3 Å². The van der Waals surface area contributed by atoms with Gasteiger partial charge in [-0.2, -0.15) is 0 Å². The van der Waals surface area contributed by atoms with Crippen LogP contribution in [0.5, 0.6) is 0 Å². The lowest BCUT2D eigenvalue weighted by atomic mass is 9.97. The van der Waals surface area contributed by atoms with E-state index in [0.717, 1.165) is 0 Å². The van der Waals surface area contributed by atoms with Gasteiger partial charge >= 0.3 is 0 Å². The van der Waals surface area contributed by atoms with E-state index in [-0.39, 0.29) is 0 Å². The third kappa shape index (κ3) is 5.42. The summed E-state index contributed by atoms with van der Waals surface area (Å²) in [5.74, 6) is 0.544. The van der Waals surface area contributed by atoms with Crippen molar-refractivity contribution in [2.75, 3.05) is 0 Å². The number of benzene rings is 1. The maximum atomic E-state index is 3.88. The van der Waals surface area contributed by atoms with Crippen molar-refractivity contribution < 1.29 is 0 Å². The first-order valence-electron chi connectivity index (χ1n) is 8.65. The molecule has 1 aromatic heterocycles. The van der Waals surface area contributed by atoms with E-state index in [2.05, 4.69) is 82.0 Å². The highest BCUT2D eigenvalue weighted by Crippen LogP contribution is 2.29. The maximum absolute atomic E-state index is 3.88. The fourth-order valence-electron chi connectivity index (χ4n) is 2.39. The number of aromatic nitrogens is 1. The molecule has 2 rings (SSSR count). The molecule has 0 amide bonds. The van der Waals surface area contributed by atoms with Crippen LogP contribution in [0.15, 0.2) is 62.4 Å². The average Bonchev–Trinajstić information content (AvgIpc) is 3.11. The first-order chi connectivity index (χ1) is 11.6. The molecule has 0 unspecified atom stereocenters. The van der Waals surface area contributed by atoms with Crippen LogP contribution >= 0.6 is 0 Å². The summed E-state index contributed by atoms with van der Waals surface area (Å²) in [5, 5.41) is 0. The summed E-state index contributed by atoms with van der Waals surface area (Å²) in [5.41, 5.74) is 7.46. The normalized spacial score (nSPS) is 10.4. The second-order valence-corrected chi connectivity index (χ2v) is 5.48. The van der Waals surface area contributed by atoms with E-state index in [1.54, 1.807) is 0 Å². The highest BCUT2D eigenvalue weighted by atomic mass is 14.7. The molecule has 130 valence electrons. The highest BCUT2D eigenvalue weighted by molar-refractivity contribution is 5.78. The predicted molar refractivity (Wildman–Crippen MR) is 112 cm³/mol. The first-order valence-corrected chi connectivity index (χ1v) is 8.65. The Labute approximate surface area is 148 Å². The second kappa shape index (κ2) is 11.3. The summed E-state index contributed by atoms with van der Waals surface area (Å²) in [4.78, 5) is 3.40. The van der Waals surface area contributed by atoms with Gasteiger partial charge in [0, 0.05) is 17.5 Å². The summed E-state index contributed by atoms with van der Waals surface area (Å²) in [7, 11) is 0. The van der Waals surface area contributed by atoms with Gasteiger partial charge in [0.15, 0.2) is 0 Å². The van der Waals surface area contributed by atoms with Gasteiger partial charge in [0.2, 0.25) is 0 Å². The maximum Gasteiger partial charge on any atom is 0.0459 e. The summed E-state index contributed by atoms with van der Waals surface area (Å²) < 4.78 is 0. The van der Waals surface area contributed by atoms with Crippen LogP contribution in [0.3, 0.4) is 0 Å². The van der Waals surface area contributed by atoms with Crippen LogP contribution in [-0.2, 0) is 0 Å². The Morgan fingerprint density at radius 1 is 1.12 bits per heavy atom. The molecule has 1 heteroatoms. The molecule has 0 aliphatic rings. The molecule has 1 aromatic carbocycles. The van der Waals surface area contributed by atoms with Crippen LogP contribution in [0, 0.1) is 6.92 Å². The number of aryl methyl sites for hydroxylation is 1. The molecule has 24 heavy (non-hydrogen) atoms. The van der Waals surface area contributed by atoms with Crippen LogP contribution in [0.4, 0.5) is 0 Å². The number of hydrogen-bond donors (Lipinski definition) is 1. The molecule has 0 aliphatic carbocycles. The molecule has 0 fully saturated rings. The highest BCUT2D eigenvalue weighted by Gasteiger charge is 2.09. The van der Waals surface area contributed by atoms with E-state index in [0.29, 0.717) is 5.92 Å². The molecule has 1 heterocycles. The third-order valence-electron chi connectivity index (χ3n) is 3.76. The monoisotopic (exact) mass is 323 g/mol. The molecule has 1 N–H and O–H groups in total. The lowest BCUT2D eigenvalue weighted by Crippen LogP contribution is -1.88. The zero-order chi connectivity index (χ0) is 18.7. The SMILES string of the molecule is C=C.C=C/C(=C\C)c1ccc(C)c(-c2cc(C(C)C)c[nH]2)c1.CC. The van der Waals surface area contributed by atoms with E-state index in [9.17, 15) is 0 Å². The van der Waals surface area contributed by atoms with Crippen molar-refractivity contribution in [2.45, 2.75) is 47.5 Å². The van der Waals surface area contributed by atoms with Gasteiger partial charge < -0.3 is 4.98 Å². The molecule has 2 aromatic rings. The molecule has 0 aliphatic heterocycles. The van der Waals surface area contributed by atoms with Crippen molar-refractivity contribution in [2.24, 2.45) is 0 Å². The zero-order valence-electron chi connectivity index (χ0n) is 16.2. The van der Waals surface area contributed by atoms with E-state index in [4.69, 9.17) is 0 Å². The van der Waals surface area contributed by atoms with Crippen molar-refractivity contribution in [3.05, 3.63) is 79.0 Å². The number of rotatable bonds is 4. The Balaban J connectivity index is 0.00000123. The van der Waals surface area contributed by atoms with E-state index < -0.39 is 0 Å². The Morgan fingerprint density at radius 2 is 1.75 bits per heavy atom. The summed E-state index contributed by atoms with van der Waals surface area (Å²) in [6.45, 7) is 22.5. The second-order valence-electron chi connectivity index (χ2n) is 5.48. The smallest absolute Gasteiger partial charge is 0.0459 e. The van der Waals surface area contributed by atoms with Gasteiger partial charge in [-0.05, 0) is 54.2 Å². The Kier molecular flexibility index (Phi) is 10.2. The van der Waals surface area contributed by atoms with E-state index >= 15 is 0 Å². The number of hydrogen-bond acceptors (Lipinski definition) is 0. The zero-order valence-corrected chi connectivity index (χ0v) is 16.2. The van der Waals surface area contributed by atoms with Gasteiger partial charge in [-0.15, -0.1) is 13.2 Å². The van der Waals surface area contributed by atoms with Crippen LogP contribution in [0.1, 0.15) is 57.2 Å². The lowest BCUT2D eigenvalue weighted by Gasteiger charge is -2.08. The lowest BCUT2D eigenvalue weighted by molar-refractivity contribution is 0.869. The van der Waals surface area contributed by atoms with Gasteiger partial charge in [0.25, 0.3) is 0 Å². The summed E-state index contributed by atoms with van der Waals surface area (Å²) >= 11 is 0. The molecule has 0 atom stereocenters. The quantitative estimate of drug-likeness (QED) is 0.442. The first kappa shape index (κ1) is 21.7. The number of H-pyrrole nitrogens is 1. The predicted octanol–water partition coefficient (Wildman–Crippen LogP) is 7.53. The number of allylic oxidation sites excluding steroid dienone is 3. The summed E-state index contributed by atoms with van der Waals surface area (Å²) in [6.07, 6.45) is 6.11. The van der Waals surface area contributed by atoms with Crippen molar-refractivity contribution >= 4 is 5.57 Å². The molecule has 0 radical (unpaired) electrons. The van der Waals surface area contributed by atoms with Crippen LogP contribution in [0.2, 0.25) is 0 Å². The van der Waals surface area contributed by atoms with Crippen LogP contribution in [0.25, 0.3) is 16.8 Å². The van der Waals surface area contributed by atoms with E-state index in [1.165, 1.54) is 33.5 Å². The molecular formula is C23H33N. The average molecular weight is 324 g/mol. The van der Waals surface area contributed by atoms with Gasteiger partial charge in [-0.25, -0.2) is 0 Å². The topological polar surface area (TPSA) is 15.8 Å². The Bertz CT molecular complexity index is 656. The van der Waals surface area contributed by atoms with Crippen LogP contribution < -0.4 is 0 Å². The largest absolute Gasteiger partial charge is 0.361 e. The fourth-order valence-corrected chi connectivity index (χ4v) is 2.39. The molecular weight excluding hydrogens is 290 g/mol. The number of nitrogens with one attached hydrogen (secondary N) is 1. The van der Waals surface area contributed by atoms with Gasteiger partial charge in [0.1, 0.15) is 0 Å². The van der Waals surface area contributed by atoms with Crippen molar-refractivity contribution in [3.63, 3.8) is 0 Å². The van der Waals surface area contributed by atoms with E-state index in [1.807, 2.05) is 26.8 Å².